The summed E-state index contributed by atoms with van der Waals surface area (Å²) in [6, 6.07) is -0.978. The minimum absolute atomic E-state index is 0.0617. The number of aliphatic hydroxyl groups is 1. The molecule has 5 N–H and O–H groups in total. The van der Waals surface area contributed by atoms with Crippen LogP contribution in [0.4, 0.5) is 4.39 Å². The predicted octanol–water partition coefficient (Wildman–Crippen LogP) is -0.243. The first-order valence-corrected chi connectivity index (χ1v) is 9.94. The van der Waals surface area contributed by atoms with Crippen molar-refractivity contribution in [3.63, 3.8) is 0 Å². The van der Waals surface area contributed by atoms with E-state index in [2.05, 4.69) is 28.2 Å². The van der Waals surface area contributed by atoms with Gasteiger partial charge in [0.2, 0.25) is 11.8 Å². The Balaban J connectivity index is 1.68. The van der Waals surface area contributed by atoms with Crippen LogP contribution >= 0.6 is 0 Å². The molecule has 2 amide bonds. The normalized spacial score (nSPS) is 35.3. The van der Waals surface area contributed by atoms with Crippen molar-refractivity contribution < 1.29 is 19.1 Å². The van der Waals surface area contributed by atoms with Crippen LogP contribution in [0.1, 0.15) is 39.5 Å². The summed E-state index contributed by atoms with van der Waals surface area (Å²) in [6.45, 7) is 5.19. The van der Waals surface area contributed by atoms with Gasteiger partial charge < -0.3 is 26.4 Å². The highest BCUT2D eigenvalue weighted by Gasteiger charge is 2.39. The van der Waals surface area contributed by atoms with E-state index in [4.69, 9.17) is 0 Å². The second-order valence-electron chi connectivity index (χ2n) is 7.97. The zero-order valence-electron chi connectivity index (χ0n) is 16.1. The fraction of sp³-hybridized carbons (Fsp3) is 0.789. The molecule has 7 nitrogen and oxygen atoms in total. The Morgan fingerprint density at radius 2 is 2.11 bits per heavy atom. The van der Waals surface area contributed by atoms with E-state index in [1.807, 2.05) is 6.92 Å². The highest BCUT2D eigenvalue weighted by Crippen LogP contribution is 2.32. The average molecular weight is 382 g/mol. The fourth-order valence-electron chi connectivity index (χ4n) is 4.75. The van der Waals surface area contributed by atoms with E-state index in [9.17, 15) is 19.1 Å². The van der Waals surface area contributed by atoms with Gasteiger partial charge in [0.1, 0.15) is 6.17 Å². The first-order chi connectivity index (χ1) is 12.9. The van der Waals surface area contributed by atoms with Crippen LogP contribution in [-0.4, -0.2) is 67.0 Å². The van der Waals surface area contributed by atoms with Crippen LogP contribution in [0.2, 0.25) is 0 Å². The number of amides is 2. The Labute approximate surface area is 159 Å². The van der Waals surface area contributed by atoms with Gasteiger partial charge in [0, 0.05) is 23.6 Å². The van der Waals surface area contributed by atoms with E-state index in [-0.39, 0.29) is 42.8 Å². The summed E-state index contributed by atoms with van der Waals surface area (Å²) in [5.74, 6) is -0.395. The molecule has 0 radical (unpaired) electrons. The lowest BCUT2D eigenvalue weighted by molar-refractivity contribution is -0.125. The van der Waals surface area contributed by atoms with E-state index >= 15 is 0 Å². The summed E-state index contributed by atoms with van der Waals surface area (Å²) in [4.78, 5) is 25.1. The molecule has 6 atom stereocenters. The number of piperidine rings is 2. The number of rotatable bonds is 5. The second kappa shape index (κ2) is 8.67. The summed E-state index contributed by atoms with van der Waals surface area (Å²) < 4.78 is 14.1. The summed E-state index contributed by atoms with van der Waals surface area (Å²) in [6.07, 6.45) is 0.864. The smallest absolute Gasteiger partial charge is 0.247 e. The molecular weight excluding hydrogens is 351 g/mol. The number of alkyl halides is 1. The quantitative estimate of drug-likeness (QED) is 0.452. The van der Waals surface area contributed by atoms with Gasteiger partial charge in [0.15, 0.2) is 0 Å². The van der Waals surface area contributed by atoms with Crippen LogP contribution in [0.3, 0.4) is 0 Å². The SMILES string of the molecule is CC1=C(CC(=O)NC(CO)C2NCCCC2F)C(=O)NC2CCNC(C)C12. The van der Waals surface area contributed by atoms with Crippen molar-refractivity contribution in [2.75, 3.05) is 19.7 Å². The number of carbonyl (C=O) groups excluding carboxylic acids is 2. The minimum atomic E-state index is -1.11. The number of nitrogens with one attached hydrogen (secondary N) is 4. The van der Waals surface area contributed by atoms with Gasteiger partial charge in [-0.25, -0.2) is 4.39 Å². The molecule has 0 spiro atoms. The first kappa shape index (κ1) is 20.2. The van der Waals surface area contributed by atoms with E-state index < -0.39 is 18.3 Å². The van der Waals surface area contributed by atoms with Crippen molar-refractivity contribution in [3.8, 4) is 0 Å². The predicted molar refractivity (Wildman–Crippen MR) is 99.8 cm³/mol. The topological polar surface area (TPSA) is 102 Å². The lowest BCUT2D eigenvalue weighted by atomic mass is 9.76. The van der Waals surface area contributed by atoms with Crippen molar-refractivity contribution in [1.29, 1.82) is 0 Å². The zero-order valence-corrected chi connectivity index (χ0v) is 16.1. The van der Waals surface area contributed by atoms with Gasteiger partial charge in [-0.2, -0.15) is 0 Å². The average Bonchev–Trinajstić information content (AvgIpc) is 2.63. The molecule has 2 saturated heterocycles. The first-order valence-electron chi connectivity index (χ1n) is 9.94. The molecule has 3 aliphatic heterocycles. The molecular formula is C19H31FN4O3. The van der Waals surface area contributed by atoms with Crippen LogP contribution in [0.25, 0.3) is 0 Å². The van der Waals surface area contributed by atoms with Crippen molar-refractivity contribution in [1.82, 2.24) is 21.3 Å². The molecule has 27 heavy (non-hydrogen) atoms. The Morgan fingerprint density at radius 1 is 1.33 bits per heavy atom. The molecule has 3 aliphatic rings. The lowest BCUT2D eigenvalue weighted by Crippen LogP contribution is -2.59. The third kappa shape index (κ3) is 4.33. The summed E-state index contributed by atoms with van der Waals surface area (Å²) in [7, 11) is 0. The van der Waals surface area contributed by atoms with Gasteiger partial charge in [-0.3, -0.25) is 9.59 Å². The second-order valence-corrected chi connectivity index (χ2v) is 7.97. The van der Waals surface area contributed by atoms with E-state index in [0.29, 0.717) is 18.5 Å². The van der Waals surface area contributed by atoms with Crippen molar-refractivity contribution in [3.05, 3.63) is 11.1 Å². The Hall–Kier alpha value is -1.51. The molecule has 2 fully saturated rings. The molecule has 0 saturated carbocycles. The summed E-state index contributed by atoms with van der Waals surface area (Å²) in [5.41, 5.74) is 1.42. The minimum Gasteiger partial charge on any atom is -0.394 e. The largest absolute Gasteiger partial charge is 0.394 e. The standard InChI is InChI=1S/C19H31FN4O3/c1-10-12(19(27)24-14-5-7-21-11(2)17(10)14)8-16(26)23-15(9-25)18-13(20)4-3-6-22-18/h11,13-15,17-18,21-22,25H,3-9H2,1-2H3,(H,23,26)(H,24,27). The molecule has 0 aromatic carbocycles. The van der Waals surface area contributed by atoms with Gasteiger partial charge in [-0.05, 0) is 46.2 Å². The zero-order chi connectivity index (χ0) is 19.6. The van der Waals surface area contributed by atoms with E-state index in [1.54, 1.807) is 0 Å². The van der Waals surface area contributed by atoms with Crippen LogP contribution < -0.4 is 21.3 Å². The Kier molecular flexibility index (Phi) is 6.49. The number of hydrogen-bond acceptors (Lipinski definition) is 5. The number of hydrogen-bond donors (Lipinski definition) is 5. The number of fused-ring (bicyclic) bond motifs is 1. The fourth-order valence-corrected chi connectivity index (χ4v) is 4.75. The van der Waals surface area contributed by atoms with Gasteiger partial charge in [-0.1, -0.05) is 5.57 Å². The van der Waals surface area contributed by atoms with E-state index in [0.717, 1.165) is 25.0 Å². The highest BCUT2D eigenvalue weighted by molar-refractivity contribution is 6.00. The van der Waals surface area contributed by atoms with Gasteiger partial charge in [0.05, 0.1) is 25.1 Å². The maximum atomic E-state index is 14.1. The van der Waals surface area contributed by atoms with Gasteiger partial charge >= 0.3 is 0 Å². The summed E-state index contributed by atoms with van der Waals surface area (Å²) >= 11 is 0. The van der Waals surface area contributed by atoms with Crippen LogP contribution in [0, 0.1) is 5.92 Å². The van der Waals surface area contributed by atoms with Crippen molar-refractivity contribution >= 4 is 11.8 Å². The Bertz CT molecular complexity index is 612. The maximum absolute atomic E-state index is 14.1. The molecule has 6 unspecified atom stereocenters. The molecule has 3 rings (SSSR count). The monoisotopic (exact) mass is 382 g/mol. The molecule has 3 heterocycles. The third-order valence-electron chi connectivity index (χ3n) is 6.20. The number of aliphatic hydroxyl groups excluding tert-OH is 1. The van der Waals surface area contributed by atoms with E-state index in [1.165, 1.54) is 0 Å². The van der Waals surface area contributed by atoms with Gasteiger partial charge in [-0.15, -0.1) is 0 Å². The molecule has 0 aliphatic carbocycles. The molecule has 0 aromatic heterocycles. The molecule has 0 bridgehead atoms. The molecule has 0 aromatic rings. The molecule has 152 valence electrons. The third-order valence-corrected chi connectivity index (χ3v) is 6.20. The van der Waals surface area contributed by atoms with Crippen LogP contribution in [-0.2, 0) is 9.59 Å². The van der Waals surface area contributed by atoms with Crippen molar-refractivity contribution in [2.24, 2.45) is 5.92 Å². The van der Waals surface area contributed by atoms with Crippen LogP contribution in [0.15, 0.2) is 11.1 Å². The Morgan fingerprint density at radius 3 is 2.81 bits per heavy atom. The lowest BCUT2D eigenvalue weighted by Gasteiger charge is -2.42. The van der Waals surface area contributed by atoms with Gasteiger partial charge in [0.25, 0.3) is 0 Å². The van der Waals surface area contributed by atoms with Crippen LogP contribution in [0.5, 0.6) is 0 Å². The van der Waals surface area contributed by atoms with Crippen molar-refractivity contribution in [2.45, 2.75) is 69.9 Å². The highest BCUT2D eigenvalue weighted by atomic mass is 19.1. The summed E-state index contributed by atoms with van der Waals surface area (Å²) in [5, 5.41) is 21.8. The molecule has 8 heteroatoms. The maximum Gasteiger partial charge on any atom is 0.247 e. The number of carbonyl (C=O) groups is 2. The number of halogens is 1.